The molecule has 0 fully saturated rings. The number of nitrogens with zero attached hydrogens (tertiary/aromatic N) is 2. The van der Waals surface area contributed by atoms with Gasteiger partial charge >= 0.3 is 23.9 Å². The van der Waals surface area contributed by atoms with Crippen LogP contribution in [0.15, 0.2) is 12.2 Å². The summed E-state index contributed by atoms with van der Waals surface area (Å²) in [6, 6.07) is 0. The summed E-state index contributed by atoms with van der Waals surface area (Å²) in [7, 11) is 0. The molecule has 0 aromatic carbocycles. The second-order valence-electron chi connectivity index (χ2n) is 33.2. The number of nitrogens with one attached hydrogen (secondary N) is 2. The molecule has 2 amide bonds. The molecular formula is C94H180N4O10. The SMILES string of the molecule is CCCCCCCCCCCOC(=O)CCCCCN(CCCCCCCC(=O)OC(CCCCCCCC)CCCCCCCC)CCNC(=O)/C=C/C(=O)NCCN(CCCCCCCC(=O)OC(CCCCCCCC)CCCCCCCC)CCCCC(C)(C)C(=O)OCCCCCCCCCCC. The number of carbonyl (C=O) groups excluding carboxylic acids is 6. The van der Waals surface area contributed by atoms with Crippen molar-refractivity contribution in [1.29, 1.82) is 0 Å². The van der Waals surface area contributed by atoms with Gasteiger partial charge in [0.05, 0.1) is 18.6 Å². The highest BCUT2D eigenvalue weighted by molar-refractivity contribution is 5.96. The quantitative estimate of drug-likeness (QED) is 0.0256. The highest BCUT2D eigenvalue weighted by Gasteiger charge is 2.29. The molecule has 0 spiro atoms. The third-order valence-corrected chi connectivity index (χ3v) is 22.1. The van der Waals surface area contributed by atoms with Gasteiger partial charge in [0, 0.05) is 57.6 Å². The second kappa shape index (κ2) is 81.5. The first-order valence-corrected chi connectivity index (χ1v) is 47.1. The second-order valence-corrected chi connectivity index (χ2v) is 33.2. The summed E-state index contributed by atoms with van der Waals surface area (Å²) in [5.41, 5.74) is -0.554. The van der Waals surface area contributed by atoms with Crippen LogP contribution in [0.1, 0.15) is 473 Å². The van der Waals surface area contributed by atoms with Gasteiger partial charge in [-0.25, -0.2) is 0 Å². The molecule has 0 saturated heterocycles. The minimum Gasteiger partial charge on any atom is -0.466 e. The average Bonchev–Trinajstić information content (AvgIpc) is 0.887. The van der Waals surface area contributed by atoms with E-state index in [0.29, 0.717) is 58.7 Å². The summed E-state index contributed by atoms with van der Waals surface area (Å²) in [5.74, 6) is -0.871. The Kier molecular flexibility index (Phi) is 78.8. The molecule has 0 aromatic rings. The Balaban J connectivity index is 5.57. The number of unbranched alkanes of at least 4 members (excludes halogenated alkanes) is 47. The van der Waals surface area contributed by atoms with E-state index in [0.717, 1.165) is 206 Å². The Bertz CT molecular complexity index is 2000. The smallest absolute Gasteiger partial charge is 0.311 e. The van der Waals surface area contributed by atoms with Gasteiger partial charge in [-0.05, 0) is 156 Å². The average molecular weight is 1530 g/mol. The van der Waals surface area contributed by atoms with Crippen LogP contribution in [0.4, 0.5) is 0 Å². The van der Waals surface area contributed by atoms with Crippen molar-refractivity contribution in [1.82, 2.24) is 20.4 Å². The largest absolute Gasteiger partial charge is 0.466 e. The van der Waals surface area contributed by atoms with Crippen LogP contribution in [-0.2, 0) is 47.7 Å². The van der Waals surface area contributed by atoms with Crippen LogP contribution in [0.25, 0.3) is 0 Å². The van der Waals surface area contributed by atoms with Crippen LogP contribution >= 0.6 is 0 Å². The molecule has 0 rings (SSSR count). The lowest BCUT2D eigenvalue weighted by Gasteiger charge is -2.25. The fraction of sp³-hybridized carbons (Fsp3) is 0.915. The normalized spacial score (nSPS) is 11.9. The minimum absolute atomic E-state index is 0.0317. The molecule has 0 radical (unpaired) electrons. The summed E-state index contributed by atoms with van der Waals surface area (Å²) >= 11 is 0. The Hall–Kier alpha value is -3.52. The standard InChI is InChI=1S/C94H180N4O10/c1-9-15-21-27-33-35-37-49-64-84-105-90(101)70-58-51-62-80-97(78-60-47-39-45-56-71-91(102)107-86(66-52-41-29-23-17-11-3)67-53-42-30-24-18-12-4)82-76-95-88(99)73-74-89(100)96-77-83-98(81-63-59-75-94(7,8)93(104)106-85-65-50-38-36-34-28-22-16-10-2)79-61-48-40-46-57-72-92(103)108-87(68-54-43-31-25-19-13-5)69-55-44-32-26-20-14-6/h73-74,86-87H,9-72,75-85H2,1-8H3,(H,95,99)(H,96,100)/b74-73+. The maximum Gasteiger partial charge on any atom is 0.311 e. The van der Waals surface area contributed by atoms with E-state index >= 15 is 0 Å². The number of rotatable bonds is 86. The molecule has 14 nitrogen and oxygen atoms in total. The van der Waals surface area contributed by atoms with E-state index in [4.69, 9.17) is 18.9 Å². The Morgan fingerprint density at radius 2 is 0.537 bits per heavy atom. The van der Waals surface area contributed by atoms with Crippen LogP contribution in [0.2, 0.25) is 0 Å². The van der Waals surface area contributed by atoms with Gasteiger partial charge in [0.25, 0.3) is 0 Å². The number of esters is 4. The highest BCUT2D eigenvalue weighted by Crippen LogP contribution is 2.27. The van der Waals surface area contributed by atoms with Crippen LogP contribution in [0, 0.1) is 5.41 Å². The number of amides is 2. The fourth-order valence-electron chi connectivity index (χ4n) is 14.7. The minimum atomic E-state index is -0.554. The molecule has 0 aliphatic heterocycles. The molecule has 0 aliphatic carbocycles. The van der Waals surface area contributed by atoms with E-state index in [2.05, 4.69) is 62.0 Å². The zero-order valence-corrected chi connectivity index (χ0v) is 72.8. The zero-order chi connectivity index (χ0) is 79.0. The van der Waals surface area contributed by atoms with Crippen LogP contribution in [-0.4, -0.2) is 123 Å². The first kappa shape index (κ1) is 104. The molecule has 2 N–H and O–H groups in total. The lowest BCUT2D eigenvalue weighted by Crippen LogP contribution is -2.36. The Morgan fingerprint density at radius 1 is 0.287 bits per heavy atom. The topological polar surface area (TPSA) is 170 Å². The van der Waals surface area contributed by atoms with Crippen molar-refractivity contribution in [3.8, 4) is 0 Å². The van der Waals surface area contributed by atoms with E-state index in [-0.39, 0.29) is 47.9 Å². The van der Waals surface area contributed by atoms with Crippen molar-refractivity contribution in [2.45, 2.75) is 485 Å². The Morgan fingerprint density at radius 3 is 0.861 bits per heavy atom. The summed E-state index contributed by atoms with van der Waals surface area (Å²) < 4.78 is 23.7. The van der Waals surface area contributed by atoms with E-state index in [1.807, 2.05) is 13.8 Å². The summed E-state index contributed by atoms with van der Waals surface area (Å²) in [6.45, 7) is 24.3. The van der Waals surface area contributed by atoms with Crippen LogP contribution in [0.5, 0.6) is 0 Å². The van der Waals surface area contributed by atoms with E-state index in [1.165, 1.54) is 230 Å². The maximum atomic E-state index is 13.2. The lowest BCUT2D eigenvalue weighted by molar-refractivity contribution is -0.154. The third kappa shape index (κ3) is 73.9. The van der Waals surface area contributed by atoms with Gasteiger partial charge in [-0.1, -0.05) is 324 Å². The summed E-state index contributed by atoms with van der Waals surface area (Å²) in [5, 5.41) is 6.07. The van der Waals surface area contributed by atoms with Gasteiger partial charge < -0.3 is 39.4 Å². The van der Waals surface area contributed by atoms with E-state index in [1.54, 1.807) is 0 Å². The lowest BCUT2D eigenvalue weighted by atomic mass is 9.87. The van der Waals surface area contributed by atoms with Gasteiger partial charge in [-0.3, -0.25) is 28.8 Å². The molecular weight excluding hydrogens is 1350 g/mol. The highest BCUT2D eigenvalue weighted by atomic mass is 16.6. The van der Waals surface area contributed by atoms with Crippen molar-refractivity contribution in [2.75, 3.05) is 65.6 Å². The van der Waals surface area contributed by atoms with Crippen LogP contribution < -0.4 is 10.6 Å². The molecule has 0 heterocycles. The molecule has 0 aromatic heterocycles. The Labute approximate surface area is 668 Å². The molecule has 108 heavy (non-hydrogen) atoms. The van der Waals surface area contributed by atoms with Crippen molar-refractivity contribution >= 4 is 35.7 Å². The maximum absolute atomic E-state index is 13.2. The van der Waals surface area contributed by atoms with Crippen LogP contribution in [0.3, 0.4) is 0 Å². The molecule has 0 unspecified atom stereocenters. The third-order valence-electron chi connectivity index (χ3n) is 22.1. The van der Waals surface area contributed by atoms with Crippen molar-refractivity contribution in [3.05, 3.63) is 12.2 Å². The van der Waals surface area contributed by atoms with Crippen molar-refractivity contribution in [2.24, 2.45) is 5.41 Å². The zero-order valence-electron chi connectivity index (χ0n) is 72.8. The summed E-state index contributed by atoms with van der Waals surface area (Å²) in [6.07, 6.45) is 75.4. The first-order valence-electron chi connectivity index (χ1n) is 47.1. The fourth-order valence-corrected chi connectivity index (χ4v) is 14.7. The van der Waals surface area contributed by atoms with E-state index < -0.39 is 5.41 Å². The molecule has 636 valence electrons. The predicted octanol–water partition coefficient (Wildman–Crippen LogP) is 25.8. The van der Waals surface area contributed by atoms with Crippen molar-refractivity contribution < 1.29 is 47.7 Å². The first-order chi connectivity index (χ1) is 52.7. The number of hydrogen-bond acceptors (Lipinski definition) is 12. The number of hydrogen-bond donors (Lipinski definition) is 2. The number of carbonyl (C=O) groups is 6. The van der Waals surface area contributed by atoms with Crippen molar-refractivity contribution in [3.63, 3.8) is 0 Å². The van der Waals surface area contributed by atoms with Gasteiger partial charge in [-0.15, -0.1) is 0 Å². The number of ether oxygens (including phenoxy) is 4. The molecule has 0 aliphatic rings. The summed E-state index contributed by atoms with van der Waals surface area (Å²) in [4.78, 5) is 83.3. The van der Waals surface area contributed by atoms with Gasteiger partial charge in [0.1, 0.15) is 12.2 Å². The monoisotopic (exact) mass is 1530 g/mol. The molecule has 0 saturated carbocycles. The van der Waals surface area contributed by atoms with E-state index in [9.17, 15) is 28.8 Å². The van der Waals surface area contributed by atoms with Gasteiger partial charge in [0.15, 0.2) is 0 Å². The molecule has 0 bridgehead atoms. The predicted molar refractivity (Wildman–Crippen MR) is 458 cm³/mol. The molecule has 0 atom stereocenters. The molecule has 14 heteroatoms. The van der Waals surface area contributed by atoms with Gasteiger partial charge in [-0.2, -0.15) is 0 Å². The van der Waals surface area contributed by atoms with Gasteiger partial charge in [0.2, 0.25) is 11.8 Å².